The van der Waals surface area contributed by atoms with Crippen molar-refractivity contribution in [3.63, 3.8) is 0 Å². The van der Waals surface area contributed by atoms with E-state index >= 15 is 4.39 Å². The van der Waals surface area contributed by atoms with Gasteiger partial charge in [-0.25, -0.2) is 4.39 Å². The third-order valence-corrected chi connectivity index (χ3v) is 8.00. The molecule has 1 aromatic heterocycles. The average molecular weight is 484 g/mol. The SMILES string of the molecule is C[C@@H]1Cc2c([nH]c3ccccc23)[C@@H](C2(C)C=CC(OCCN3CC(CF)C3)=CC2)N1CC(C)(C)F. The van der Waals surface area contributed by atoms with Crippen LogP contribution in [-0.4, -0.2) is 66.0 Å². The molecule has 6 heteroatoms. The van der Waals surface area contributed by atoms with Crippen LogP contribution < -0.4 is 0 Å². The zero-order chi connectivity index (χ0) is 24.8. The molecule has 190 valence electrons. The zero-order valence-corrected chi connectivity index (χ0v) is 21.5. The summed E-state index contributed by atoms with van der Waals surface area (Å²) in [6.07, 6.45) is 8.27. The largest absolute Gasteiger partial charge is 0.493 e. The topological polar surface area (TPSA) is 31.5 Å². The van der Waals surface area contributed by atoms with Gasteiger partial charge in [-0.05, 0) is 57.4 Å². The maximum Gasteiger partial charge on any atom is 0.118 e. The highest BCUT2D eigenvalue weighted by Crippen LogP contribution is 2.50. The monoisotopic (exact) mass is 483 g/mol. The van der Waals surface area contributed by atoms with Gasteiger partial charge < -0.3 is 9.72 Å². The summed E-state index contributed by atoms with van der Waals surface area (Å²) in [7, 11) is 0. The first-order valence-corrected chi connectivity index (χ1v) is 13.0. The molecule has 1 fully saturated rings. The number of fused-ring (bicyclic) bond motifs is 3. The molecule has 1 saturated heterocycles. The maximum atomic E-state index is 15.0. The van der Waals surface area contributed by atoms with Crippen LogP contribution in [0, 0.1) is 11.3 Å². The quantitative estimate of drug-likeness (QED) is 0.502. The fourth-order valence-electron chi connectivity index (χ4n) is 6.19. The average Bonchev–Trinajstić information content (AvgIpc) is 3.14. The molecule has 3 heterocycles. The van der Waals surface area contributed by atoms with Gasteiger partial charge in [0.25, 0.3) is 0 Å². The molecule has 2 aliphatic heterocycles. The van der Waals surface area contributed by atoms with E-state index in [-0.39, 0.29) is 30.1 Å². The second-order valence-corrected chi connectivity index (χ2v) is 11.7. The Labute approximate surface area is 208 Å². The Morgan fingerprint density at radius 2 is 2.00 bits per heavy atom. The van der Waals surface area contributed by atoms with E-state index in [2.05, 4.69) is 71.1 Å². The van der Waals surface area contributed by atoms with Crippen molar-refractivity contribution in [1.82, 2.24) is 14.8 Å². The van der Waals surface area contributed by atoms with Gasteiger partial charge in [-0.3, -0.25) is 14.2 Å². The van der Waals surface area contributed by atoms with Crippen molar-refractivity contribution in [2.24, 2.45) is 11.3 Å². The second-order valence-electron chi connectivity index (χ2n) is 11.7. The molecule has 5 rings (SSSR count). The Balaban J connectivity index is 1.36. The van der Waals surface area contributed by atoms with Crippen molar-refractivity contribution >= 4 is 10.9 Å². The predicted molar refractivity (Wildman–Crippen MR) is 138 cm³/mol. The first-order chi connectivity index (χ1) is 16.7. The Kier molecular flexibility index (Phi) is 6.56. The van der Waals surface area contributed by atoms with Crippen molar-refractivity contribution < 1.29 is 13.5 Å². The maximum absolute atomic E-state index is 15.0. The Morgan fingerprint density at radius 3 is 2.69 bits per heavy atom. The lowest BCUT2D eigenvalue weighted by molar-refractivity contribution is 0.00953. The van der Waals surface area contributed by atoms with Crippen molar-refractivity contribution in [1.29, 1.82) is 0 Å². The molecule has 3 aliphatic rings. The molecular formula is C29H39F2N3O. The number of alkyl halides is 2. The van der Waals surface area contributed by atoms with Gasteiger partial charge in [0.1, 0.15) is 18.0 Å². The Hall–Kier alpha value is -2.18. The number of ether oxygens (including phenoxy) is 1. The summed E-state index contributed by atoms with van der Waals surface area (Å²) < 4.78 is 33.7. The van der Waals surface area contributed by atoms with Crippen LogP contribution in [-0.2, 0) is 11.2 Å². The first kappa shape index (κ1) is 24.5. The van der Waals surface area contributed by atoms with Crippen molar-refractivity contribution in [2.45, 2.75) is 58.3 Å². The van der Waals surface area contributed by atoms with Crippen LogP contribution in [0.4, 0.5) is 8.78 Å². The molecule has 4 nitrogen and oxygen atoms in total. The summed E-state index contributed by atoms with van der Waals surface area (Å²) in [5, 5.41) is 1.28. The number of nitrogens with one attached hydrogen (secondary N) is 1. The smallest absolute Gasteiger partial charge is 0.118 e. The number of aromatic amines is 1. The number of allylic oxidation sites excluding steroid dienone is 2. The van der Waals surface area contributed by atoms with Gasteiger partial charge in [-0.15, -0.1) is 0 Å². The van der Waals surface area contributed by atoms with E-state index in [0.29, 0.717) is 13.2 Å². The van der Waals surface area contributed by atoms with Gasteiger partial charge in [0.05, 0.1) is 12.7 Å². The van der Waals surface area contributed by atoms with E-state index in [1.54, 1.807) is 13.8 Å². The van der Waals surface area contributed by atoms with Gasteiger partial charge in [0, 0.05) is 60.2 Å². The number of H-pyrrole nitrogens is 1. The molecule has 0 radical (unpaired) electrons. The number of hydrogen-bond donors (Lipinski definition) is 1. The fourth-order valence-corrected chi connectivity index (χ4v) is 6.19. The first-order valence-electron chi connectivity index (χ1n) is 13.0. The number of para-hydroxylation sites is 1. The summed E-state index contributed by atoms with van der Waals surface area (Å²) in [4.78, 5) is 8.32. The highest BCUT2D eigenvalue weighted by Gasteiger charge is 2.46. The zero-order valence-electron chi connectivity index (χ0n) is 21.5. The third-order valence-electron chi connectivity index (χ3n) is 8.00. The molecule has 1 aromatic carbocycles. The number of halogens is 2. The molecule has 0 saturated carbocycles. The lowest BCUT2D eigenvalue weighted by atomic mass is 9.71. The van der Waals surface area contributed by atoms with Crippen molar-refractivity contribution in [3.8, 4) is 0 Å². The highest BCUT2D eigenvalue weighted by atomic mass is 19.1. The van der Waals surface area contributed by atoms with Crippen molar-refractivity contribution in [3.05, 3.63) is 59.5 Å². The molecular weight excluding hydrogens is 444 g/mol. The molecule has 1 aliphatic carbocycles. The minimum Gasteiger partial charge on any atom is -0.493 e. The minimum absolute atomic E-state index is 0.0384. The number of benzene rings is 1. The minimum atomic E-state index is -1.28. The molecule has 1 N–H and O–H groups in total. The van der Waals surface area contributed by atoms with Crippen LogP contribution >= 0.6 is 0 Å². The van der Waals surface area contributed by atoms with E-state index in [4.69, 9.17) is 4.74 Å². The van der Waals surface area contributed by atoms with E-state index in [0.717, 1.165) is 43.8 Å². The Morgan fingerprint density at radius 1 is 1.23 bits per heavy atom. The molecule has 2 aromatic rings. The Bertz CT molecular complexity index is 1110. The standard InChI is InChI=1S/C29H39F2N3O/c1-20-15-24-23-7-5-6-8-25(23)32-26(24)27(34(20)19-28(2,3)31)29(4)11-9-22(10-12-29)35-14-13-33-17-21(16-30)18-33/h5-11,20-21,27,32H,12-19H2,1-4H3/t20-,27+,29?/m1/s1. The van der Waals surface area contributed by atoms with Crippen molar-refractivity contribution in [2.75, 3.05) is 39.5 Å². The van der Waals surface area contributed by atoms with Crippen LogP contribution in [0.15, 0.2) is 48.3 Å². The van der Waals surface area contributed by atoms with E-state index in [1.165, 1.54) is 16.6 Å². The van der Waals surface area contributed by atoms with Gasteiger partial charge in [0.15, 0.2) is 0 Å². The second kappa shape index (κ2) is 9.36. The van der Waals surface area contributed by atoms with E-state index in [1.807, 2.05) is 0 Å². The summed E-state index contributed by atoms with van der Waals surface area (Å²) >= 11 is 0. The van der Waals surface area contributed by atoms with E-state index < -0.39 is 5.67 Å². The van der Waals surface area contributed by atoms with Crippen LogP contribution in [0.1, 0.15) is 51.4 Å². The number of aromatic nitrogens is 1. The predicted octanol–water partition coefficient (Wildman–Crippen LogP) is 5.97. The number of hydrogen-bond acceptors (Lipinski definition) is 3. The summed E-state index contributed by atoms with van der Waals surface area (Å²) in [5.41, 5.74) is 2.26. The fraction of sp³-hybridized carbons (Fsp3) is 0.586. The molecule has 0 bridgehead atoms. The number of nitrogens with zero attached hydrogens (tertiary/aromatic N) is 2. The number of rotatable bonds is 8. The summed E-state index contributed by atoms with van der Waals surface area (Å²) in [6, 6.07) is 8.77. The summed E-state index contributed by atoms with van der Waals surface area (Å²) in [5.74, 6) is 1.09. The molecule has 35 heavy (non-hydrogen) atoms. The van der Waals surface area contributed by atoms with Gasteiger partial charge in [-0.2, -0.15) is 0 Å². The lowest BCUT2D eigenvalue weighted by Gasteiger charge is -2.50. The van der Waals surface area contributed by atoms with Crippen LogP contribution in [0.5, 0.6) is 0 Å². The molecule has 3 atom stereocenters. The van der Waals surface area contributed by atoms with Crippen LogP contribution in [0.3, 0.4) is 0 Å². The van der Waals surface area contributed by atoms with Crippen LogP contribution in [0.25, 0.3) is 10.9 Å². The summed E-state index contributed by atoms with van der Waals surface area (Å²) in [6.45, 7) is 11.1. The lowest BCUT2D eigenvalue weighted by Crippen LogP contribution is -2.52. The van der Waals surface area contributed by atoms with Gasteiger partial charge in [-0.1, -0.05) is 31.2 Å². The van der Waals surface area contributed by atoms with Crippen LogP contribution in [0.2, 0.25) is 0 Å². The van der Waals surface area contributed by atoms with E-state index in [9.17, 15) is 4.39 Å². The van der Waals surface area contributed by atoms with Gasteiger partial charge >= 0.3 is 0 Å². The molecule has 0 spiro atoms. The number of likely N-dealkylation sites (tertiary alicyclic amines) is 1. The molecule has 1 unspecified atom stereocenters. The highest BCUT2D eigenvalue weighted by molar-refractivity contribution is 5.85. The third kappa shape index (κ3) is 4.92. The normalized spacial score (nSPS) is 28.1. The van der Waals surface area contributed by atoms with Gasteiger partial charge in [0.2, 0.25) is 0 Å². The molecule has 0 amide bonds.